The third kappa shape index (κ3) is 9.80. The van der Waals surface area contributed by atoms with E-state index in [9.17, 15) is 4.79 Å². The van der Waals surface area contributed by atoms with Gasteiger partial charge in [-0.05, 0) is 19.3 Å². The summed E-state index contributed by atoms with van der Waals surface area (Å²) in [5.41, 5.74) is 0.916. The van der Waals surface area contributed by atoms with Crippen LogP contribution in [0.5, 0.6) is 0 Å². The van der Waals surface area contributed by atoms with Crippen LogP contribution < -0.4 is 0 Å². The van der Waals surface area contributed by atoms with Crippen molar-refractivity contribution in [3.8, 4) is 0 Å². The van der Waals surface area contributed by atoms with Crippen LogP contribution in [0.15, 0.2) is 5.16 Å². The first-order chi connectivity index (χ1) is 10.7. The fraction of sp³-hybridized carbons (Fsp3) is 0.889. The highest BCUT2D eigenvalue weighted by Crippen LogP contribution is 2.20. The Kier molecular flexibility index (Phi) is 10.8. The molecule has 0 aliphatic carbocycles. The Morgan fingerprint density at radius 3 is 2.27 bits per heavy atom. The Labute approximate surface area is 135 Å². The van der Waals surface area contributed by atoms with Crippen LogP contribution >= 0.6 is 0 Å². The van der Waals surface area contributed by atoms with E-state index in [1.165, 1.54) is 64.2 Å². The second-order valence-corrected chi connectivity index (χ2v) is 6.45. The van der Waals surface area contributed by atoms with Crippen molar-refractivity contribution in [1.29, 1.82) is 0 Å². The second-order valence-electron chi connectivity index (χ2n) is 6.45. The first-order valence-corrected chi connectivity index (χ1v) is 9.15. The van der Waals surface area contributed by atoms with Gasteiger partial charge in [-0.2, -0.15) is 0 Å². The fourth-order valence-electron chi connectivity index (χ4n) is 2.90. The summed E-state index contributed by atoms with van der Waals surface area (Å²) in [5, 5.41) is 12.7. The number of carboxylic acids is 1. The maximum absolute atomic E-state index is 10.5. The van der Waals surface area contributed by atoms with E-state index >= 15 is 0 Å². The van der Waals surface area contributed by atoms with Crippen molar-refractivity contribution in [2.45, 2.75) is 103 Å². The number of unbranched alkanes of at least 4 members (excludes halogenated alkanes) is 9. The predicted octanol–water partition coefficient (Wildman–Crippen LogP) is 5.31. The Bertz CT molecular complexity index is 328. The van der Waals surface area contributed by atoms with Crippen LogP contribution in [0.3, 0.4) is 0 Å². The van der Waals surface area contributed by atoms with E-state index in [0.717, 1.165) is 18.6 Å². The van der Waals surface area contributed by atoms with Crippen molar-refractivity contribution >= 4 is 11.7 Å². The third-order valence-electron chi connectivity index (χ3n) is 4.30. The molecule has 4 nitrogen and oxygen atoms in total. The topological polar surface area (TPSA) is 58.9 Å². The van der Waals surface area contributed by atoms with Crippen LogP contribution in [-0.4, -0.2) is 22.9 Å². The molecule has 1 heterocycles. The van der Waals surface area contributed by atoms with Gasteiger partial charge in [-0.1, -0.05) is 69.9 Å². The molecule has 22 heavy (non-hydrogen) atoms. The van der Waals surface area contributed by atoms with Crippen molar-refractivity contribution in [2.75, 3.05) is 0 Å². The van der Waals surface area contributed by atoms with Crippen LogP contribution in [0.4, 0.5) is 0 Å². The lowest BCUT2D eigenvalue weighted by Crippen LogP contribution is -2.08. The van der Waals surface area contributed by atoms with Gasteiger partial charge >= 0.3 is 5.97 Å². The molecule has 0 fully saturated rings. The molecule has 1 N–H and O–H groups in total. The highest BCUT2D eigenvalue weighted by molar-refractivity contribution is 5.87. The van der Waals surface area contributed by atoms with E-state index < -0.39 is 5.97 Å². The van der Waals surface area contributed by atoms with Gasteiger partial charge in [-0.15, -0.1) is 0 Å². The number of nitrogens with zero attached hydrogens (tertiary/aromatic N) is 1. The number of oxime groups is 1. The van der Waals surface area contributed by atoms with Crippen molar-refractivity contribution in [2.24, 2.45) is 5.16 Å². The predicted molar refractivity (Wildman–Crippen MR) is 90.3 cm³/mol. The maximum Gasteiger partial charge on any atom is 0.303 e. The number of hydrogen-bond donors (Lipinski definition) is 1. The van der Waals surface area contributed by atoms with Crippen LogP contribution in [0.1, 0.15) is 96.8 Å². The number of aliphatic carboxylic acids is 1. The number of rotatable bonds is 14. The first kappa shape index (κ1) is 19.0. The fourth-order valence-corrected chi connectivity index (χ4v) is 2.90. The normalized spacial score (nSPS) is 17.3. The van der Waals surface area contributed by atoms with Crippen LogP contribution in [0.25, 0.3) is 0 Å². The van der Waals surface area contributed by atoms with E-state index in [0.29, 0.717) is 6.42 Å². The van der Waals surface area contributed by atoms with Crippen molar-refractivity contribution in [3.63, 3.8) is 0 Å². The van der Waals surface area contributed by atoms with Crippen molar-refractivity contribution in [1.82, 2.24) is 0 Å². The molecule has 0 bridgehead atoms. The van der Waals surface area contributed by atoms with E-state index in [4.69, 9.17) is 9.94 Å². The molecule has 4 heteroatoms. The molecule has 0 amide bonds. The Hall–Kier alpha value is -1.06. The molecule has 0 saturated heterocycles. The summed E-state index contributed by atoms with van der Waals surface area (Å²) >= 11 is 0. The Morgan fingerprint density at radius 2 is 1.68 bits per heavy atom. The average Bonchev–Trinajstić information content (AvgIpc) is 2.95. The minimum Gasteiger partial charge on any atom is -0.481 e. The molecule has 0 radical (unpaired) electrons. The Balaban J connectivity index is 1.85. The largest absolute Gasteiger partial charge is 0.481 e. The molecule has 1 rings (SSSR count). The maximum atomic E-state index is 10.5. The summed E-state index contributed by atoms with van der Waals surface area (Å²) in [6, 6.07) is 0. The summed E-state index contributed by atoms with van der Waals surface area (Å²) in [6.07, 6.45) is 16.2. The van der Waals surface area contributed by atoms with Crippen molar-refractivity contribution in [3.05, 3.63) is 0 Å². The lowest BCUT2D eigenvalue weighted by molar-refractivity contribution is -0.136. The molecule has 1 atom stereocenters. The van der Waals surface area contributed by atoms with Gasteiger partial charge in [0.1, 0.15) is 6.10 Å². The van der Waals surface area contributed by atoms with Crippen LogP contribution in [0.2, 0.25) is 0 Å². The SMILES string of the molecule is CCCCCCCCCCCCC1CC(CCC(=O)O)=NO1. The zero-order chi connectivity index (χ0) is 16.0. The van der Waals surface area contributed by atoms with E-state index in [1.807, 2.05) is 0 Å². The number of carbonyl (C=O) groups is 1. The van der Waals surface area contributed by atoms with Gasteiger partial charge in [0.2, 0.25) is 0 Å². The molecule has 128 valence electrons. The molecule has 0 saturated carbocycles. The number of carboxylic acid groups (broad SMARTS) is 1. The van der Waals surface area contributed by atoms with Crippen LogP contribution in [0, 0.1) is 0 Å². The lowest BCUT2D eigenvalue weighted by Gasteiger charge is -2.07. The minimum atomic E-state index is -0.763. The smallest absolute Gasteiger partial charge is 0.303 e. The molecule has 0 spiro atoms. The van der Waals surface area contributed by atoms with Crippen molar-refractivity contribution < 1.29 is 14.7 Å². The van der Waals surface area contributed by atoms with E-state index in [-0.39, 0.29) is 12.5 Å². The van der Waals surface area contributed by atoms with E-state index in [2.05, 4.69) is 12.1 Å². The highest BCUT2D eigenvalue weighted by Gasteiger charge is 2.20. The summed E-state index contributed by atoms with van der Waals surface area (Å²) in [7, 11) is 0. The summed E-state index contributed by atoms with van der Waals surface area (Å²) < 4.78 is 0. The molecule has 0 aromatic rings. The molecule has 0 aromatic carbocycles. The van der Waals surface area contributed by atoms with Gasteiger partial charge in [-0.25, -0.2) is 0 Å². The zero-order valence-corrected chi connectivity index (χ0v) is 14.2. The standard InChI is InChI=1S/C18H33NO3/c1-2-3-4-5-6-7-8-9-10-11-12-17-15-16(19-22-17)13-14-18(20)21/h17H,2-15H2,1H3,(H,20,21). The zero-order valence-electron chi connectivity index (χ0n) is 14.2. The molecule has 1 aliphatic heterocycles. The van der Waals surface area contributed by atoms with Gasteiger partial charge < -0.3 is 9.94 Å². The molecule has 0 aromatic heterocycles. The summed E-state index contributed by atoms with van der Waals surface area (Å²) in [4.78, 5) is 15.9. The van der Waals surface area contributed by atoms with Gasteiger partial charge in [0.25, 0.3) is 0 Å². The van der Waals surface area contributed by atoms with Gasteiger partial charge in [0.15, 0.2) is 0 Å². The average molecular weight is 311 g/mol. The van der Waals surface area contributed by atoms with Crippen LogP contribution in [-0.2, 0) is 9.63 Å². The first-order valence-electron chi connectivity index (χ1n) is 9.15. The lowest BCUT2D eigenvalue weighted by atomic mass is 10.0. The molecule has 1 aliphatic rings. The van der Waals surface area contributed by atoms with Gasteiger partial charge in [0, 0.05) is 6.42 Å². The molecular formula is C18H33NO3. The van der Waals surface area contributed by atoms with E-state index in [1.54, 1.807) is 0 Å². The molecular weight excluding hydrogens is 278 g/mol. The minimum absolute atomic E-state index is 0.160. The monoisotopic (exact) mass is 311 g/mol. The summed E-state index contributed by atoms with van der Waals surface area (Å²) in [6.45, 7) is 2.26. The van der Waals surface area contributed by atoms with Gasteiger partial charge in [-0.3, -0.25) is 4.79 Å². The number of hydrogen-bond acceptors (Lipinski definition) is 3. The molecule has 1 unspecified atom stereocenters. The second kappa shape index (κ2) is 12.5. The third-order valence-corrected chi connectivity index (χ3v) is 4.30. The quantitative estimate of drug-likeness (QED) is 0.442. The van der Waals surface area contributed by atoms with Gasteiger partial charge in [0.05, 0.1) is 12.1 Å². The highest BCUT2D eigenvalue weighted by atomic mass is 16.6. The summed E-state index contributed by atoms with van der Waals surface area (Å²) in [5.74, 6) is -0.763. The Morgan fingerprint density at radius 1 is 1.09 bits per heavy atom.